The third-order valence-electron chi connectivity index (χ3n) is 4.60. The fourth-order valence-electron chi connectivity index (χ4n) is 3.28. The van der Waals surface area contributed by atoms with E-state index in [0.29, 0.717) is 25.1 Å². The molecule has 0 aliphatic carbocycles. The summed E-state index contributed by atoms with van der Waals surface area (Å²) < 4.78 is 10.5. The number of aliphatic carboxylic acids is 1. The highest BCUT2D eigenvalue weighted by atomic mass is 16.5. The number of likely N-dealkylation sites (tertiary alicyclic amines) is 1. The van der Waals surface area contributed by atoms with Gasteiger partial charge in [-0.25, -0.2) is 9.78 Å². The van der Waals surface area contributed by atoms with Gasteiger partial charge >= 0.3 is 5.97 Å². The second-order valence-corrected chi connectivity index (χ2v) is 6.23. The summed E-state index contributed by atoms with van der Waals surface area (Å²) in [4.78, 5) is 30.3. The van der Waals surface area contributed by atoms with Crippen LogP contribution in [0.25, 0.3) is 11.3 Å². The Kier molecular flexibility index (Phi) is 4.59. The van der Waals surface area contributed by atoms with Gasteiger partial charge < -0.3 is 19.2 Å². The SMILES string of the molecule is COCC1(C(=O)O)CCCN1C(=O)c1ncoc1-c1ccc(C)cc1. The number of carboxylic acid groups (broad SMARTS) is 1. The normalized spacial score (nSPS) is 20.0. The third-order valence-corrected chi connectivity index (χ3v) is 4.60. The van der Waals surface area contributed by atoms with E-state index in [2.05, 4.69) is 4.98 Å². The average molecular weight is 344 g/mol. The molecule has 0 saturated carbocycles. The molecule has 132 valence electrons. The third kappa shape index (κ3) is 2.91. The van der Waals surface area contributed by atoms with Gasteiger partial charge in [-0.1, -0.05) is 29.8 Å². The van der Waals surface area contributed by atoms with Crippen LogP contribution < -0.4 is 0 Å². The standard InChI is InChI=1S/C18H20N2O5/c1-12-4-6-13(7-5-12)15-14(19-11-25-15)16(21)20-9-3-8-18(20,10-24-2)17(22)23/h4-7,11H,3,8-10H2,1-2H3,(H,22,23). The minimum atomic E-state index is -1.37. The number of benzene rings is 1. The van der Waals surface area contributed by atoms with Gasteiger partial charge in [-0.15, -0.1) is 0 Å². The van der Waals surface area contributed by atoms with Crippen LogP contribution in [0, 0.1) is 6.92 Å². The fraction of sp³-hybridized carbons (Fsp3) is 0.389. The number of carbonyl (C=O) groups excluding carboxylic acids is 1. The molecule has 0 spiro atoms. The van der Waals surface area contributed by atoms with Gasteiger partial charge in [0.25, 0.3) is 5.91 Å². The molecule has 1 aromatic carbocycles. The summed E-state index contributed by atoms with van der Waals surface area (Å²) in [5, 5.41) is 9.71. The number of oxazole rings is 1. The fourth-order valence-corrected chi connectivity index (χ4v) is 3.28. The maximum absolute atomic E-state index is 13.0. The van der Waals surface area contributed by atoms with Crippen LogP contribution in [0.4, 0.5) is 0 Å². The van der Waals surface area contributed by atoms with Crippen LogP contribution in [0.15, 0.2) is 35.1 Å². The van der Waals surface area contributed by atoms with Gasteiger partial charge in [-0.05, 0) is 19.8 Å². The average Bonchev–Trinajstić information content (AvgIpc) is 3.23. The number of hydrogen-bond acceptors (Lipinski definition) is 5. The number of ether oxygens (including phenoxy) is 1. The summed E-state index contributed by atoms with van der Waals surface area (Å²) in [6.45, 7) is 2.24. The maximum atomic E-state index is 13.0. The molecule has 1 amide bonds. The minimum absolute atomic E-state index is 0.0637. The molecule has 25 heavy (non-hydrogen) atoms. The molecule has 2 aromatic rings. The molecule has 0 bridgehead atoms. The zero-order valence-corrected chi connectivity index (χ0v) is 14.2. The minimum Gasteiger partial charge on any atom is -0.479 e. The molecule has 2 heterocycles. The molecule has 1 fully saturated rings. The number of carbonyl (C=O) groups is 2. The summed E-state index contributed by atoms with van der Waals surface area (Å²) in [6, 6.07) is 7.51. The van der Waals surface area contributed by atoms with Crippen LogP contribution in [-0.4, -0.2) is 52.7 Å². The lowest BCUT2D eigenvalue weighted by Crippen LogP contribution is -2.56. The van der Waals surface area contributed by atoms with E-state index in [9.17, 15) is 14.7 Å². The van der Waals surface area contributed by atoms with E-state index < -0.39 is 17.4 Å². The Hall–Kier alpha value is -2.67. The van der Waals surface area contributed by atoms with Crippen molar-refractivity contribution in [3.05, 3.63) is 41.9 Å². The number of rotatable bonds is 5. The van der Waals surface area contributed by atoms with Gasteiger partial charge in [-0.2, -0.15) is 0 Å². The maximum Gasteiger partial charge on any atom is 0.332 e. The molecule has 1 aliphatic heterocycles. The molecule has 1 aromatic heterocycles. The Morgan fingerprint density at radius 1 is 1.36 bits per heavy atom. The zero-order valence-electron chi connectivity index (χ0n) is 14.2. The molecule has 7 heteroatoms. The molecule has 1 N–H and O–H groups in total. The van der Waals surface area contributed by atoms with Gasteiger partial charge in [0.2, 0.25) is 0 Å². The summed E-state index contributed by atoms with van der Waals surface area (Å²) >= 11 is 0. The van der Waals surface area contributed by atoms with Crippen molar-refractivity contribution in [2.75, 3.05) is 20.3 Å². The summed E-state index contributed by atoms with van der Waals surface area (Å²) in [6.07, 6.45) is 2.15. The van der Waals surface area contributed by atoms with Crippen molar-refractivity contribution < 1.29 is 23.8 Å². The van der Waals surface area contributed by atoms with E-state index in [1.807, 2.05) is 31.2 Å². The Morgan fingerprint density at radius 2 is 2.08 bits per heavy atom. The number of aryl methyl sites for hydroxylation is 1. The van der Waals surface area contributed by atoms with Crippen LogP contribution in [0.3, 0.4) is 0 Å². The zero-order chi connectivity index (χ0) is 18.0. The van der Waals surface area contributed by atoms with Crippen LogP contribution >= 0.6 is 0 Å². The molecule has 7 nitrogen and oxygen atoms in total. The predicted molar refractivity (Wildman–Crippen MR) is 89.2 cm³/mol. The Bertz CT molecular complexity index is 783. The van der Waals surface area contributed by atoms with Crippen molar-refractivity contribution in [1.29, 1.82) is 0 Å². The van der Waals surface area contributed by atoms with Crippen LogP contribution in [-0.2, 0) is 9.53 Å². The number of hydrogen-bond donors (Lipinski definition) is 1. The number of aromatic nitrogens is 1. The van der Waals surface area contributed by atoms with E-state index >= 15 is 0 Å². The van der Waals surface area contributed by atoms with Crippen molar-refractivity contribution in [2.45, 2.75) is 25.3 Å². The predicted octanol–water partition coefficient (Wildman–Crippen LogP) is 2.36. The van der Waals surface area contributed by atoms with Crippen molar-refractivity contribution in [3.63, 3.8) is 0 Å². The van der Waals surface area contributed by atoms with Gasteiger partial charge in [0.15, 0.2) is 23.4 Å². The first-order chi connectivity index (χ1) is 12.0. The second-order valence-electron chi connectivity index (χ2n) is 6.23. The number of nitrogens with zero attached hydrogens (tertiary/aromatic N) is 2. The van der Waals surface area contributed by atoms with Crippen molar-refractivity contribution in [1.82, 2.24) is 9.88 Å². The lowest BCUT2D eigenvalue weighted by molar-refractivity contribution is -0.151. The first-order valence-electron chi connectivity index (χ1n) is 8.04. The molecule has 1 atom stereocenters. The van der Waals surface area contributed by atoms with Crippen LogP contribution in [0.1, 0.15) is 28.9 Å². The second kappa shape index (κ2) is 6.68. The van der Waals surface area contributed by atoms with E-state index in [0.717, 1.165) is 11.1 Å². The molecule has 1 aliphatic rings. The largest absolute Gasteiger partial charge is 0.479 e. The number of carboxylic acids is 1. The Balaban J connectivity index is 1.97. The first kappa shape index (κ1) is 17.2. The van der Waals surface area contributed by atoms with E-state index in [1.54, 1.807) is 0 Å². The van der Waals surface area contributed by atoms with Gasteiger partial charge in [0.05, 0.1) is 6.61 Å². The van der Waals surface area contributed by atoms with E-state index in [-0.39, 0.29) is 12.3 Å². The highest BCUT2D eigenvalue weighted by Gasteiger charge is 2.51. The topological polar surface area (TPSA) is 92.9 Å². The molecule has 3 rings (SSSR count). The quantitative estimate of drug-likeness (QED) is 0.895. The monoisotopic (exact) mass is 344 g/mol. The van der Waals surface area contributed by atoms with E-state index in [4.69, 9.17) is 9.15 Å². The Morgan fingerprint density at radius 3 is 2.72 bits per heavy atom. The Labute approximate surface area is 145 Å². The molecule has 1 saturated heterocycles. The molecule has 1 unspecified atom stereocenters. The number of methoxy groups -OCH3 is 1. The molecular formula is C18H20N2O5. The van der Waals surface area contributed by atoms with Crippen molar-refractivity contribution >= 4 is 11.9 Å². The lowest BCUT2D eigenvalue weighted by atomic mass is 9.97. The first-order valence-corrected chi connectivity index (χ1v) is 8.04. The summed E-state index contributed by atoms with van der Waals surface area (Å²) in [7, 11) is 1.43. The van der Waals surface area contributed by atoms with Gasteiger partial charge in [-0.3, -0.25) is 4.79 Å². The van der Waals surface area contributed by atoms with Crippen molar-refractivity contribution in [3.8, 4) is 11.3 Å². The van der Waals surface area contributed by atoms with Gasteiger partial charge in [0.1, 0.15) is 0 Å². The van der Waals surface area contributed by atoms with Crippen molar-refractivity contribution in [2.24, 2.45) is 0 Å². The summed E-state index contributed by atoms with van der Waals surface area (Å²) in [5.74, 6) is -1.18. The van der Waals surface area contributed by atoms with Crippen LogP contribution in [0.5, 0.6) is 0 Å². The molecular weight excluding hydrogens is 324 g/mol. The van der Waals surface area contributed by atoms with Crippen LogP contribution in [0.2, 0.25) is 0 Å². The smallest absolute Gasteiger partial charge is 0.332 e. The highest BCUT2D eigenvalue weighted by molar-refractivity contribution is 6.00. The number of amides is 1. The van der Waals surface area contributed by atoms with Gasteiger partial charge in [0, 0.05) is 19.2 Å². The molecule has 0 radical (unpaired) electrons. The van der Waals surface area contributed by atoms with E-state index in [1.165, 1.54) is 18.4 Å². The summed E-state index contributed by atoms with van der Waals surface area (Å²) in [5.41, 5.74) is 0.557. The lowest BCUT2D eigenvalue weighted by Gasteiger charge is -2.33. The highest BCUT2D eigenvalue weighted by Crippen LogP contribution is 2.33.